The van der Waals surface area contributed by atoms with E-state index < -0.39 is 31.8 Å². The number of halogens is 7. The van der Waals surface area contributed by atoms with Gasteiger partial charge in [0.25, 0.3) is 0 Å². The lowest BCUT2D eigenvalue weighted by Gasteiger charge is -2.33. The number of hydrogen-bond acceptors (Lipinski definition) is 4. The predicted octanol–water partition coefficient (Wildman–Crippen LogP) is 5.34. The van der Waals surface area contributed by atoms with Gasteiger partial charge in [-0.15, -0.1) is 23.2 Å². The Hall–Kier alpha value is -0.600. The summed E-state index contributed by atoms with van der Waals surface area (Å²) in [6, 6.07) is 4.89. The van der Waals surface area contributed by atoms with Crippen molar-refractivity contribution in [3.05, 3.63) is 28.3 Å². The van der Waals surface area contributed by atoms with Crippen LogP contribution in [0.3, 0.4) is 0 Å². The zero-order chi connectivity index (χ0) is 21.4. The highest BCUT2D eigenvalue weighted by atomic mass is 35.5. The van der Waals surface area contributed by atoms with Crippen molar-refractivity contribution in [1.29, 1.82) is 0 Å². The molecule has 2 aliphatic carbocycles. The number of hydrogen-bond donors (Lipinski definition) is 3. The number of aromatic nitrogens is 2. The number of rotatable bonds is 4. The number of alkyl halides is 4. The van der Waals surface area contributed by atoms with E-state index in [1.807, 2.05) is 0 Å². The molecule has 6 nitrogen and oxygen atoms in total. The van der Waals surface area contributed by atoms with Crippen LogP contribution in [0.15, 0.2) is 28.3 Å². The van der Waals surface area contributed by atoms with Crippen molar-refractivity contribution in [2.75, 3.05) is 10.2 Å². The van der Waals surface area contributed by atoms with Crippen LogP contribution in [0.5, 0.6) is 0 Å². The molecule has 4 rings (SSSR count). The zero-order valence-electron chi connectivity index (χ0n) is 13.9. The second-order valence-corrected chi connectivity index (χ2v) is 10.1. The molecule has 2 aromatic rings. The van der Waals surface area contributed by atoms with Gasteiger partial charge in [0, 0.05) is 17.5 Å². The number of imidazole rings is 1. The third-order valence-corrected chi connectivity index (χ3v) is 9.72. The fraction of sp³-hybridized carbons (Fsp3) is 0.312. The molecule has 13 heteroatoms. The average molecular weight is 537 g/mol. The lowest BCUT2D eigenvalue weighted by molar-refractivity contribution is -0.125. The standard InChI is InChI=1S/C16H9Cl7N4O2/c17-10-11(18)15(20)9(6(4-28)14(10,19)16(15,21)22)12(29)24-5-1-2-7-8(3-5)26-13(25-7)27-23/h1-4,6,9H,(H,24,29)(H2,25,26,27)/t6-,9-,14?,15?/m1/s1. The molecule has 2 unspecified atom stereocenters. The minimum Gasteiger partial charge on any atom is -0.326 e. The number of allylic oxidation sites excluding steroid dienone is 2. The van der Waals surface area contributed by atoms with Crippen molar-refractivity contribution in [1.82, 2.24) is 9.97 Å². The van der Waals surface area contributed by atoms with Crippen molar-refractivity contribution in [2.45, 2.75) is 14.1 Å². The van der Waals surface area contributed by atoms with Crippen molar-refractivity contribution in [2.24, 2.45) is 11.8 Å². The van der Waals surface area contributed by atoms with E-state index in [2.05, 4.69) is 20.1 Å². The predicted molar refractivity (Wildman–Crippen MR) is 118 cm³/mol. The number of aromatic amines is 1. The third kappa shape index (κ3) is 2.60. The molecule has 0 radical (unpaired) electrons. The minimum atomic E-state index is -2.00. The summed E-state index contributed by atoms with van der Waals surface area (Å²) >= 11 is 44.1. The molecule has 2 aliphatic rings. The molecule has 2 bridgehead atoms. The van der Waals surface area contributed by atoms with Gasteiger partial charge in [0.1, 0.15) is 16.0 Å². The largest absolute Gasteiger partial charge is 0.326 e. The Morgan fingerprint density at radius 2 is 1.79 bits per heavy atom. The van der Waals surface area contributed by atoms with Gasteiger partial charge in [-0.2, -0.15) is 0 Å². The summed E-state index contributed by atoms with van der Waals surface area (Å²) in [5, 5.41) is 2.37. The van der Waals surface area contributed by atoms with Crippen molar-refractivity contribution in [3.8, 4) is 0 Å². The fourth-order valence-electron chi connectivity index (χ4n) is 3.89. The molecule has 29 heavy (non-hydrogen) atoms. The van der Waals surface area contributed by atoms with Crippen LogP contribution in [0.25, 0.3) is 11.0 Å². The van der Waals surface area contributed by atoms with E-state index in [1.54, 1.807) is 18.2 Å². The SMILES string of the molecule is O=C[C@@H]1[C@H](C(=O)Nc2ccc3nc(NCl)[nH]c3c2)C2(Cl)C(Cl)=C(Cl)C1(Cl)C2(Cl)Cl. The molecule has 0 aliphatic heterocycles. The van der Waals surface area contributed by atoms with Gasteiger partial charge < -0.3 is 15.1 Å². The number of amides is 1. The van der Waals surface area contributed by atoms with E-state index in [4.69, 9.17) is 81.4 Å². The van der Waals surface area contributed by atoms with E-state index >= 15 is 0 Å². The van der Waals surface area contributed by atoms with Crippen molar-refractivity contribution >= 4 is 116 Å². The number of H-pyrrole nitrogens is 1. The first kappa shape index (κ1) is 21.6. The van der Waals surface area contributed by atoms with Gasteiger partial charge in [0.2, 0.25) is 11.9 Å². The summed E-state index contributed by atoms with van der Waals surface area (Å²) in [5.41, 5.74) is 1.61. The number of aldehydes is 1. The maximum atomic E-state index is 13.1. The van der Waals surface area contributed by atoms with Gasteiger partial charge in [0.05, 0.1) is 32.9 Å². The Morgan fingerprint density at radius 3 is 2.41 bits per heavy atom. The van der Waals surface area contributed by atoms with E-state index in [0.29, 0.717) is 29.0 Å². The molecule has 1 heterocycles. The maximum Gasteiger partial charge on any atom is 0.230 e. The zero-order valence-corrected chi connectivity index (χ0v) is 19.2. The lowest BCUT2D eigenvalue weighted by Crippen LogP contribution is -2.46. The number of nitrogens with one attached hydrogen (secondary N) is 3. The summed E-state index contributed by atoms with van der Waals surface area (Å²) in [5.74, 6) is -2.80. The van der Waals surface area contributed by atoms with Gasteiger partial charge in [-0.3, -0.25) is 9.63 Å². The normalized spacial score (nSPS) is 32.7. The van der Waals surface area contributed by atoms with Crippen LogP contribution in [0.1, 0.15) is 0 Å². The second-order valence-electron chi connectivity index (χ2n) is 6.67. The molecule has 1 saturated carbocycles. The van der Waals surface area contributed by atoms with Gasteiger partial charge in [0.15, 0.2) is 4.33 Å². The Kier molecular flexibility index (Phi) is 5.19. The monoisotopic (exact) mass is 534 g/mol. The first-order valence-electron chi connectivity index (χ1n) is 7.98. The molecular weight excluding hydrogens is 528 g/mol. The number of nitrogens with zero attached hydrogens (tertiary/aromatic N) is 1. The van der Waals surface area contributed by atoms with E-state index in [1.165, 1.54) is 0 Å². The van der Waals surface area contributed by atoms with Crippen LogP contribution in [0.4, 0.5) is 11.6 Å². The quantitative estimate of drug-likeness (QED) is 0.279. The molecule has 154 valence electrons. The Morgan fingerprint density at radius 1 is 1.14 bits per heavy atom. The molecule has 0 spiro atoms. The molecular formula is C16H9Cl7N4O2. The van der Waals surface area contributed by atoms with Gasteiger partial charge in [-0.25, -0.2) is 4.98 Å². The third-order valence-electron chi connectivity index (χ3n) is 5.26. The number of carbonyl (C=O) groups is 2. The van der Waals surface area contributed by atoms with Crippen LogP contribution < -0.4 is 10.2 Å². The highest BCUT2D eigenvalue weighted by molar-refractivity contribution is 6.66. The lowest BCUT2D eigenvalue weighted by atomic mass is 9.82. The molecule has 1 fully saturated rings. The molecule has 1 aromatic carbocycles. The topological polar surface area (TPSA) is 86.9 Å². The van der Waals surface area contributed by atoms with Gasteiger partial charge >= 0.3 is 0 Å². The maximum absolute atomic E-state index is 13.1. The second kappa shape index (κ2) is 6.95. The number of anilines is 2. The van der Waals surface area contributed by atoms with E-state index in [-0.39, 0.29) is 10.1 Å². The van der Waals surface area contributed by atoms with Gasteiger partial charge in [-0.1, -0.05) is 46.4 Å². The number of carbonyl (C=O) groups excluding carboxylic acids is 2. The highest BCUT2D eigenvalue weighted by Crippen LogP contribution is 2.75. The Labute approximate surface area is 199 Å². The van der Waals surface area contributed by atoms with Crippen LogP contribution in [0, 0.1) is 11.8 Å². The smallest absolute Gasteiger partial charge is 0.230 e. The first-order valence-corrected chi connectivity index (χ1v) is 10.6. The number of fused-ring (bicyclic) bond motifs is 3. The molecule has 4 atom stereocenters. The molecule has 1 amide bonds. The van der Waals surface area contributed by atoms with Crippen LogP contribution in [0.2, 0.25) is 0 Å². The average Bonchev–Trinajstić information content (AvgIpc) is 3.18. The highest BCUT2D eigenvalue weighted by Gasteiger charge is 2.83. The van der Waals surface area contributed by atoms with Crippen LogP contribution >= 0.6 is 81.4 Å². The van der Waals surface area contributed by atoms with E-state index in [9.17, 15) is 9.59 Å². The summed E-state index contributed by atoms with van der Waals surface area (Å²) in [4.78, 5) is 30.7. The van der Waals surface area contributed by atoms with E-state index in [0.717, 1.165) is 0 Å². The van der Waals surface area contributed by atoms with Gasteiger partial charge in [-0.05, 0) is 18.2 Å². The van der Waals surface area contributed by atoms with Crippen LogP contribution in [-0.2, 0) is 9.59 Å². The summed E-state index contributed by atoms with van der Waals surface area (Å²) in [7, 11) is 0. The first-order chi connectivity index (χ1) is 13.5. The van der Waals surface area contributed by atoms with Crippen LogP contribution in [-0.4, -0.2) is 36.2 Å². The van der Waals surface area contributed by atoms with Crippen molar-refractivity contribution in [3.63, 3.8) is 0 Å². The summed E-state index contributed by atoms with van der Waals surface area (Å²) in [6.07, 6.45) is 0.461. The summed E-state index contributed by atoms with van der Waals surface area (Å²) < 4.78 is -2.00. The molecule has 0 saturated heterocycles. The molecule has 3 N–H and O–H groups in total. The minimum absolute atomic E-state index is 0.151. The fourth-order valence-corrected chi connectivity index (χ4v) is 6.91. The Balaban J connectivity index is 1.73. The number of benzene rings is 1. The summed E-state index contributed by atoms with van der Waals surface area (Å²) in [6.45, 7) is 0. The Bertz CT molecular complexity index is 1090. The molecule has 1 aromatic heterocycles. The van der Waals surface area contributed by atoms with Crippen molar-refractivity contribution < 1.29 is 9.59 Å².